The van der Waals surface area contributed by atoms with Crippen LogP contribution in [-0.2, 0) is 18.3 Å². The van der Waals surface area contributed by atoms with E-state index in [2.05, 4.69) is 10.1 Å². The number of rotatable bonds is 5. The molecule has 4 nitrogen and oxygen atoms in total. The van der Waals surface area contributed by atoms with Gasteiger partial charge in [-0.2, -0.15) is 5.10 Å². The van der Waals surface area contributed by atoms with E-state index in [1.807, 2.05) is 37.3 Å². The van der Waals surface area contributed by atoms with Crippen molar-refractivity contribution in [2.45, 2.75) is 25.7 Å². The fourth-order valence-corrected chi connectivity index (χ4v) is 2.09. The summed E-state index contributed by atoms with van der Waals surface area (Å²) in [7, 11) is 1.80. The molecule has 0 spiro atoms. The molecule has 0 saturated heterocycles. The lowest BCUT2D eigenvalue weighted by Crippen LogP contribution is -2.16. The minimum Gasteiger partial charge on any atom is -0.299 e. The maximum Gasteiger partial charge on any atom is 0.147 e. The summed E-state index contributed by atoms with van der Waals surface area (Å²) < 4.78 is 1.65. The predicted octanol–water partition coefficient (Wildman–Crippen LogP) is 2.12. The van der Waals surface area contributed by atoms with Crippen LogP contribution in [0.4, 0.5) is 0 Å². The molecule has 0 saturated carbocycles. The Bertz CT molecular complexity index is 519. The Morgan fingerprint density at radius 3 is 2.61 bits per heavy atom. The number of aromatic nitrogens is 3. The fraction of sp³-hybridized carbons (Fsp3) is 0.357. The SMILES string of the molecule is CCC(C(=O)Cc1ncnn1C)c1ccccc1. The van der Waals surface area contributed by atoms with Crippen molar-refractivity contribution in [1.82, 2.24) is 14.8 Å². The lowest BCUT2D eigenvalue weighted by atomic mass is 9.90. The van der Waals surface area contributed by atoms with E-state index < -0.39 is 0 Å². The van der Waals surface area contributed by atoms with Gasteiger partial charge in [0.1, 0.15) is 17.9 Å². The van der Waals surface area contributed by atoms with Crippen LogP contribution in [0.1, 0.15) is 30.7 Å². The molecular weight excluding hydrogens is 226 g/mol. The quantitative estimate of drug-likeness (QED) is 0.808. The van der Waals surface area contributed by atoms with Gasteiger partial charge in [-0.3, -0.25) is 9.48 Å². The molecular formula is C14H17N3O. The first kappa shape index (κ1) is 12.5. The Labute approximate surface area is 107 Å². The molecule has 18 heavy (non-hydrogen) atoms. The van der Waals surface area contributed by atoms with Gasteiger partial charge in [-0.05, 0) is 12.0 Å². The van der Waals surface area contributed by atoms with E-state index in [9.17, 15) is 4.79 Å². The summed E-state index contributed by atoms with van der Waals surface area (Å²) in [5.74, 6) is 0.858. The van der Waals surface area contributed by atoms with Crippen molar-refractivity contribution < 1.29 is 4.79 Å². The van der Waals surface area contributed by atoms with Gasteiger partial charge in [0.2, 0.25) is 0 Å². The van der Waals surface area contributed by atoms with E-state index in [4.69, 9.17) is 0 Å². The van der Waals surface area contributed by atoms with Gasteiger partial charge in [0.15, 0.2) is 0 Å². The summed E-state index contributed by atoms with van der Waals surface area (Å²) in [6, 6.07) is 9.90. The number of Topliss-reactive ketones (excluding diaryl/α,β-unsaturated/α-hetero) is 1. The molecule has 0 amide bonds. The smallest absolute Gasteiger partial charge is 0.147 e. The molecule has 0 fully saturated rings. The molecule has 0 aliphatic carbocycles. The monoisotopic (exact) mass is 243 g/mol. The number of hydrogen-bond donors (Lipinski definition) is 0. The van der Waals surface area contributed by atoms with Crippen LogP contribution in [0.25, 0.3) is 0 Å². The van der Waals surface area contributed by atoms with E-state index >= 15 is 0 Å². The van der Waals surface area contributed by atoms with Crippen LogP contribution >= 0.6 is 0 Å². The van der Waals surface area contributed by atoms with Gasteiger partial charge >= 0.3 is 0 Å². The average Bonchev–Trinajstić information content (AvgIpc) is 2.77. The topological polar surface area (TPSA) is 47.8 Å². The summed E-state index contributed by atoms with van der Waals surface area (Å²) in [6.07, 6.45) is 2.62. The second-order valence-electron chi connectivity index (χ2n) is 4.31. The van der Waals surface area contributed by atoms with Gasteiger partial charge in [-0.1, -0.05) is 37.3 Å². The molecule has 1 heterocycles. The highest BCUT2D eigenvalue weighted by Crippen LogP contribution is 2.21. The maximum atomic E-state index is 12.3. The molecule has 94 valence electrons. The number of nitrogens with zero attached hydrogens (tertiary/aromatic N) is 3. The van der Waals surface area contributed by atoms with E-state index in [1.165, 1.54) is 6.33 Å². The van der Waals surface area contributed by atoms with Crippen molar-refractivity contribution in [1.29, 1.82) is 0 Å². The number of benzene rings is 1. The molecule has 2 rings (SSSR count). The van der Waals surface area contributed by atoms with Crippen LogP contribution in [0.2, 0.25) is 0 Å². The summed E-state index contributed by atoms with van der Waals surface area (Å²) in [6.45, 7) is 2.03. The first-order chi connectivity index (χ1) is 8.72. The van der Waals surface area contributed by atoms with Crippen LogP contribution in [0, 0.1) is 0 Å². The van der Waals surface area contributed by atoms with Crippen molar-refractivity contribution in [2.24, 2.45) is 7.05 Å². The predicted molar refractivity (Wildman–Crippen MR) is 69.2 cm³/mol. The third-order valence-corrected chi connectivity index (χ3v) is 3.14. The minimum absolute atomic E-state index is 0.0529. The fourth-order valence-electron chi connectivity index (χ4n) is 2.09. The Kier molecular flexibility index (Phi) is 3.87. The molecule has 1 aromatic carbocycles. The molecule has 2 aromatic rings. The van der Waals surface area contributed by atoms with Gasteiger partial charge < -0.3 is 0 Å². The van der Waals surface area contributed by atoms with Crippen molar-refractivity contribution in [3.8, 4) is 0 Å². The van der Waals surface area contributed by atoms with E-state index in [0.717, 1.165) is 17.8 Å². The van der Waals surface area contributed by atoms with Crippen molar-refractivity contribution in [2.75, 3.05) is 0 Å². The minimum atomic E-state index is -0.0529. The normalized spacial score (nSPS) is 12.3. The molecule has 0 N–H and O–H groups in total. The second kappa shape index (κ2) is 5.58. The van der Waals surface area contributed by atoms with Crippen LogP contribution in [0.3, 0.4) is 0 Å². The van der Waals surface area contributed by atoms with Gasteiger partial charge in [0.25, 0.3) is 0 Å². The standard InChI is InChI=1S/C14H17N3O/c1-3-12(11-7-5-4-6-8-11)13(18)9-14-15-10-16-17(14)2/h4-8,10,12H,3,9H2,1-2H3. The van der Waals surface area contributed by atoms with E-state index in [1.54, 1.807) is 11.7 Å². The third kappa shape index (κ3) is 2.64. The van der Waals surface area contributed by atoms with Crippen molar-refractivity contribution >= 4 is 5.78 Å². The van der Waals surface area contributed by atoms with Gasteiger partial charge in [-0.25, -0.2) is 4.98 Å². The van der Waals surface area contributed by atoms with Crippen LogP contribution < -0.4 is 0 Å². The molecule has 1 aromatic heterocycles. The molecule has 1 atom stereocenters. The van der Waals surface area contributed by atoms with E-state index in [-0.39, 0.29) is 11.7 Å². The zero-order chi connectivity index (χ0) is 13.0. The maximum absolute atomic E-state index is 12.3. The zero-order valence-electron chi connectivity index (χ0n) is 10.7. The van der Waals surface area contributed by atoms with Crippen LogP contribution in [-0.4, -0.2) is 20.5 Å². The highest BCUT2D eigenvalue weighted by atomic mass is 16.1. The molecule has 4 heteroatoms. The number of carbonyl (C=O) groups excluding carboxylic acids is 1. The summed E-state index contributed by atoms with van der Waals surface area (Å²) in [5, 5.41) is 3.98. The first-order valence-corrected chi connectivity index (χ1v) is 6.13. The molecule has 0 aliphatic rings. The first-order valence-electron chi connectivity index (χ1n) is 6.13. The largest absolute Gasteiger partial charge is 0.299 e. The van der Waals surface area contributed by atoms with Gasteiger partial charge in [0.05, 0.1) is 6.42 Å². The molecule has 1 unspecified atom stereocenters. The number of carbonyl (C=O) groups is 1. The molecule has 0 bridgehead atoms. The second-order valence-corrected chi connectivity index (χ2v) is 4.31. The van der Waals surface area contributed by atoms with E-state index in [0.29, 0.717) is 6.42 Å². The Hall–Kier alpha value is -1.97. The average molecular weight is 243 g/mol. The van der Waals surface area contributed by atoms with Gasteiger partial charge in [0, 0.05) is 13.0 Å². The molecule has 0 radical (unpaired) electrons. The highest BCUT2D eigenvalue weighted by molar-refractivity contribution is 5.87. The summed E-state index contributed by atoms with van der Waals surface area (Å²) in [4.78, 5) is 16.4. The van der Waals surface area contributed by atoms with Crippen LogP contribution in [0.5, 0.6) is 0 Å². The summed E-state index contributed by atoms with van der Waals surface area (Å²) in [5.41, 5.74) is 1.08. The Morgan fingerprint density at radius 1 is 1.33 bits per heavy atom. The number of hydrogen-bond acceptors (Lipinski definition) is 3. The van der Waals surface area contributed by atoms with Crippen molar-refractivity contribution in [3.63, 3.8) is 0 Å². The third-order valence-electron chi connectivity index (χ3n) is 3.14. The van der Waals surface area contributed by atoms with Gasteiger partial charge in [-0.15, -0.1) is 0 Å². The summed E-state index contributed by atoms with van der Waals surface area (Å²) >= 11 is 0. The lowest BCUT2D eigenvalue weighted by Gasteiger charge is -2.13. The Morgan fingerprint density at radius 2 is 2.06 bits per heavy atom. The number of ketones is 1. The highest BCUT2D eigenvalue weighted by Gasteiger charge is 2.20. The zero-order valence-corrected chi connectivity index (χ0v) is 10.7. The number of aryl methyl sites for hydroxylation is 1. The molecule has 0 aliphatic heterocycles. The van der Waals surface area contributed by atoms with Crippen LogP contribution in [0.15, 0.2) is 36.7 Å². The van der Waals surface area contributed by atoms with Crippen molar-refractivity contribution in [3.05, 3.63) is 48.0 Å². The Balaban J connectivity index is 2.14. The lowest BCUT2D eigenvalue weighted by molar-refractivity contribution is -0.120.